The molecule has 2 aliphatic rings. The van der Waals surface area contributed by atoms with Gasteiger partial charge in [-0.15, -0.1) is 0 Å². The number of aryl methyl sites for hydroxylation is 1. The Kier molecular flexibility index (Phi) is 6.99. The Labute approximate surface area is 196 Å². The highest BCUT2D eigenvalue weighted by Crippen LogP contribution is 2.36. The molecular formula is C23H30N2O6S2. The number of sulfonamides is 2. The van der Waals surface area contributed by atoms with Gasteiger partial charge in [0.2, 0.25) is 10.0 Å². The molecule has 0 N–H and O–H groups in total. The number of methoxy groups -OCH3 is 1. The molecule has 0 atom stereocenters. The SMILES string of the molecule is COCCOc1ccc(S(=O)(=O)N2CCc3cc(S(=O)(=O)N4CCCCC4)ccc32)cc1C. The molecule has 2 aromatic carbocycles. The van der Waals surface area contributed by atoms with Crippen molar-refractivity contribution in [3.05, 3.63) is 47.5 Å². The number of benzene rings is 2. The zero-order chi connectivity index (χ0) is 23.6. The molecule has 2 aromatic rings. The summed E-state index contributed by atoms with van der Waals surface area (Å²) in [5.74, 6) is 0.611. The quantitative estimate of drug-likeness (QED) is 0.524. The molecule has 0 saturated carbocycles. The van der Waals surface area contributed by atoms with Crippen molar-refractivity contribution >= 4 is 25.7 Å². The molecule has 0 aliphatic carbocycles. The molecule has 4 rings (SSSR count). The molecule has 0 unspecified atom stereocenters. The lowest BCUT2D eigenvalue weighted by atomic mass is 10.2. The van der Waals surface area contributed by atoms with Crippen molar-refractivity contribution in [3.63, 3.8) is 0 Å². The van der Waals surface area contributed by atoms with E-state index in [1.807, 2.05) is 0 Å². The first-order valence-electron chi connectivity index (χ1n) is 11.1. The molecule has 8 nitrogen and oxygen atoms in total. The van der Waals surface area contributed by atoms with Gasteiger partial charge in [-0.3, -0.25) is 4.31 Å². The van der Waals surface area contributed by atoms with Crippen LogP contribution in [0.4, 0.5) is 5.69 Å². The van der Waals surface area contributed by atoms with Crippen molar-refractivity contribution in [2.24, 2.45) is 0 Å². The van der Waals surface area contributed by atoms with Gasteiger partial charge in [0.25, 0.3) is 10.0 Å². The molecule has 33 heavy (non-hydrogen) atoms. The molecule has 0 spiro atoms. The lowest BCUT2D eigenvalue weighted by Crippen LogP contribution is -2.35. The zero-order valence-corrected chi connectivity index (χ0v) is 20.6. The minimum atomic E-state index is -3.79. The zero-order valence-electron chi connectivity index (χ0n) is 19.0. The summed E-state index contributed by atoms with van der Waals surface area (Å²) in [7, 11) is -5.77. The minimum Gasteiger partial charge on any atom is -0.491 e. The summed E-state index contributed by atoms with van der Waals surface area (Å²) in [5, 5.41) is 0. The smallest absolute Gasteiger partial charge is 0.264 e. The first-order valence-corrected chi connectivity index (χ1v) is 14.0. The van der Waals surface area contributed by atoms with Crippen LogP contribution in [0.1, 0.15) is 30.4 Å². The molecule has 2 heterocycles. The van der Waals surface area contributed by atoms with Crippen LogP contribution in [0.3, 0.4) is 0 Å². The lowest BCUT2D eigenvalue weighted by Gasteiger charge is -2.26. The summed E-state index contributed by atoms with van der Waals surface area (Å²) in [6, 6.07) is 9.57. The molecule has 0 radical (unpaired) electrons. The van der Waals surface area contributed by atoms with Gasteiger partial charge in [-0.1, -0.05) is 6.42 Å². The van der Waals surface area contributed by atoms with E-state index in [4.69, 9.17) is 9.47 Å². The summed E-state index contributed by atoms with van der Waals surface area (Å²) in [6.07, 6.45) is 3.25. The monoisotopic (exact) mass is 494 g/mol. The highest BCUT2D eigenvalue weighted by Gasteiger charge is 2.33. The summed E-state index contributed by atoms with van der Waals surface area (Å²) in [4.78, 5) is 0.410. The fraction of sp³-hybridized carbons (Fsp3) is 0.478. The second-order valence-electron chi connectivity index (χ2n) is 8.35. The normalized spacial score (nSPS) is 17.2. The molecule has 180 valence electrons. The number of piperidine rings is 1. The third kappa shape index (κ3) is 4.75. The Morgan fingerprint density at radius 1 is 0.848 bits per heavy atom. The topological polar surface area (TPSA) is 93.2 Å². The van der Waals surface area contributed by atoms with Crippen LogP contribution in [-0.2, 0) is 31.2 Å². The summed E-state index contributed by atoms with van der Waals surface area (Å²) in [5.41, 5.74) is 1.98. The van der Waals surface area contributed by atoms with Crippen LogP contribution in [0.15, 0.2) is 46.2 Å². The van der Waals surface area contributed by atoms with Gasteiger partial charge in [0.15, 0.2) is 0 Å². The van der Waals surface area contributed by atoms with Crippen molar-refractivity contribution in [3.8, 4) is 5.75 Å². The predicted octanol–water partition coefficient (Wildman–Crippen LogP) is 2.95. The van der Waals surface area contributed by atoms with Gasteiger partial charge in [0.1, 0.15) is 12.4 Å². The van der Waals surface area contributed by atoms with Crippen molar-refractivity contribution in [2.45, 2.75) is 42.4 Å². The van der Waals surface area contributed by atoms with Crippen LogP contribution in [0.2, 0.25) is 0 Å². The molecule has 1 saturated heterocycles. The van der Waals surface area contributed by atoms with Crippen molar-refractivity contribution in [1.29, 1.82) is 0 Å². The van der Waals surface area contributed by atoms with E-state index in [0.29, 0.717) is 44.2 Å². The Morgan fingerprint density at radius 3 is 2.24 bits per heavy atom. The second kappa shape index (κ2) is 9.61. The Balaban J connectivity index is 1.58. The van der Waals surface area contributed by atoms with E-state index in [-0.39, 0.29) is 16.3 Å². The third-order valence-electron chi connectivity index (χ3n) is 6.14. The van der Waals surface area contributed by atoms with Crippen LogP contribution < -0.4 is 9.04 Å². The van der Waals surface area contributed by atoms with Gasteiger partial charge in [-0.25, -0.2) is 16.8 Å². The Bertz CT molecular complexity index is 1220. The lowest BCUT2D eigenvalue weighted by molar-refractivity contribution is 0.146. The fourth-order valence-electron chi connectivity index (χ4n) is 4.32. The highest BCUT2D eigenvalue weighted by molar-refractivity contribution is 7.92. The van der Waals surface area contributed by atoms with E-state index >= 15 is 0 Å². The molecular weight excluding hydrogens is 464 g/mol. The number of fused-ring (bicyclic) bond motifs is 1. The van der Waals surface area contributed by atoms with E-state index in [1.54, 1.807) is 38.3 Å². The molecule has 10 heteroatoms. The molecule has 1 fully saturated rings. The van der Waals surface area contributed by atoms with Crippen LogP contribution in [0, 0.1) is 6.92 Å². The predicted molar refractivity (Wildman–Crippen MR) is 126 cm³/mol. The molecule has 2 aliphatic heterocycles. The van der Waals surface area contributed by atoms with Gasteiger partial charge in [0.05, 0.1) is 22.1 Å². The summed E-state index contributed by atoms with van der Waals surface area (Å²) >= 11 is 0. The average molecular weight is 495 g/mol. The fourth-order valence-corrected chi connectivity index (χ4v) is 7.48. The number of ether oxygens (including phenoxy) is 2. The maximum Gasteiger partial charge on any atom is 0.264 e. The first-order chi connectivity index (χ1) is 15.7. The van der Waals surface area contributed by atoms with E-state index in [1.165, 1.54) is 20.7 Å². The van der Waals surface area contributed by atoms with Crippen molar-refractivity contribution in [1.82, 2.24) is 4.31 Å². The Morgan fingerprint density at radius 2 is 1.55 bits per heavy atom. The average Bonchev–Trinajstić information content (AvgIpc) is 3.25. The van der Waals surface area contributed by atoms with Gasteiger partial charge in [-0.05, 0) is 73.7 Å². The minimum absolute atomic E-state index is 0.178. The maximum atomic E-state index is 13.4. The number of rotatable bonds is 8. The van der Waals surface area contributed by atoms with E-state index in [2.05, 4.69) is 0 Å². The van der Waals surface area contributed by atoms with Crippen LogP contribution in [0.25, 0.3) is 0 Å². The number of hydrogen-bond donors (Lipinski definition) is 0. The van der Waals surface area contributed by atoms with Crippen LogP contribution in [0.5, 0.6) is 5.75 Å². The highest BCUT2D eigenvalue weighted by atomic mass is 32.2. The van der Waals surface area contributed by atoms with Gasteiger partial charge >= 0.3 is 0 Å². The van der Waals surface area contributed by atoms with Crippen molar-refractivity contribution < 1.29 is 26.3 Å². The van der Waals surface area contributed by atoms with Gasteiger partial charge in [-0.2, -0.15) is 4.31 Å². The Hall–Kier alpha value is -2.14. The molecule has 0 aromatic heterocycles. The molecule has 0 amide bonds. The standard InChI is InChI=1S/C23H30N2O6S2/c1-18-16-20(7-9-23(18)31-15-14-30-2)33(28,29)25-13-10-19-17-21(6-8-22(19)25)32(26,27)24-11-4-3-5-12-24/h6-9,16-17H,3-5,10-15H2,1-2H3. The van der Waals surface area contributed by atoms with E-state index < -0.39 is 20.0 Å². The molecule has 0 bridgehead atoms. The van der Waals surface area contributed by atoms with Gasteiger partial charge < -0.3 is 9.47 Å². The van der Waals surface area contributed by atoms with E-state index in [0.717, 1.165) is 30.4 Å². The second-order valence-corrected chi connectivity index (χ2v) is 12.2. The number of hydrogen-bond acceptors (Lipinski definition) is 6. The summed E-state index contributed by atoms with van der Waals surface area (Å²) in [6.45, 7) is 3.97. The van der Waals surface area contributed by atoms with Crippen LogP contribution in [-0.4, -0.2) is 61.1 Å². The third-order valence-corrected chi connectivity index (χ3v) is 9.84. The number of anilines is 1. The van der Waals surface area contributed by atoms with Crippen LogP contribution >= 0.6 is 0 Å². The summed E-state index contributed by atoms with van der Waals surface area (Å²) < 4.78 is 66.3. The number of nitrogens with zero attached hydrogens (tertiary/aromatic N) is 2. The maximum absolute atomic E-state index is 13.4. The van der Waals surface area contributed by atoms with Gasteiger partial charge in [0, 0.05) is 26.7 Å². The largest absolute Gasteiger partial charge is 0.491 e. The first kappa shape index (κ1) is 24.0. The van der Waals surface area contributed by atoms with E-state index in [9.17, 15) is 16.8 Å². The van der Waals surface area contributed by atoms with Crippen molar-refractivity contribution in [2.75, 3.05) is 44.3 Å².